The Morgan fingerprint density at radius 3 is 2.75 bits per heavy atom. The van der Waals surface area contributed by atoms with Crippen molar-refractivity contribution in [2.45, 2.75) is 0 Å². The van der Waals surface area contributed by atoms with Crippen LogP contribution in [0.25, 0.3) is 6.08 Å². The average Bonchev–Trinajstić information content (AvgIpc) is 2.16. The summed E-state index contributed by atoms with van der Waals surface area (Å²) in [6.07, 6.45) is 2.44. The third kappa shape index (κ3) is 1.56. The minimum absolute atomic E-state index is 0.545. The zero-order valence-electron chi connectivity index (χ0n) is 6.58. The van der Waals surface area contributed by atoms with Crippen molar-refractivity contribution in [1.29, 1.82) is 0 Å². The first kappa shape index (κ1) is 8.59. The van der Waals surface area contributed by atoms with Gasteiger partial charge in [-0.1, -0.05) is 18.7 Å². The number of aldehydes is 1. The van der Waals surface area contributed by atoms with Gasteiger partial charge in [0.15, 0.2) is 6.29 Å². The van der Waals surface area contributed by atoms with Crippen LogP contribution in [0.2, 0.25) is 0 Å². The molecular weight excluding hydrogens is 149 g/mol. The number of nitrogens with one attached hydrogen (secondary N) is 1. The summed E-state index contributed by atoms with van der Waals surface area (Å²) in [6.45, 7) is 3.60. The summed E-state index contributed by atoms with van der Waals surface area (Å²) in [4.78, 5) is 10.5. The highest BCUT2D eigenvalue weighted by Crippen LogP contribution is 2.15. The van der Waals surface area contributed by atoms with Crippen molar-refractivity contribution in [2.24, 2.45) is 0 Å². The van der Waals surface area contributed by atoms with Crippen LogP contribution in [0, 0.1) is 0 Å². The van der Waals surface area contributed by atoms with Gasteiger partial charge in [0.05, 0.1) is 0 Å². The first-order chi connectivity index (χ1) is 5.81. The Morgan fingerprint density at radius 1 is 1.50 bits per heavy atom. The van der Waals surface area contributed by atoms with Gasteiger partial charge >= 0.3 is 0 Å². The van der Waals surface area contributed by atoms with Crippen LogP contribution in [0.15, 0.2) is 24.8 Å². The quantitative estimate of drug-likeness (QED) is 0.533. The Kier molecular flexibility index (Phi) is 2.69. The van der Waals surface area contributed by atoms with Crippen LogP contribution < -0.4 is 5.23 Å². The predicted molar refractivity (Wildman–Crippen MR) is 51.3 cm³/mol. The lowest BCUT2D eigenvalue weighted by Gasteiger charge is -2.04. The standard InChI is InChI=1S/C9H8BNO/c1-2-7-3-4-8(6-12)9(5-7)11-10/h2-6,11H,1H2. The third-order valence-electron chi connectivity index (χ3n) is 1.60. The highest BCUT2D eigenvalue weighted by molar-refractivity contribution is 6.17. The summed E-state index contributed by atoms with van der Waals surface area (Å²) in [5.74, 6) is 0. The van der Waals surface area contributed by atoms with E-state index in [1.54, 1.807) is 24.3 Å². The maximum atomic E-state index is 10.5. The molecule has 0 aliphatic carbocycles. The summed E-state index contributed by atoms with van der Waals surface area (Å²) in [5.41, 5.74) is 2.08. The summed E-state index contributed by atoms with van der Waals surface area (Å²) >= 11 is 0. The molecule has 0 heterocycles. The zero-order chi connectivity index (χ0) is 8.97. The van der Waals surface area contributed by atoms with Crippen LogP contribution in [0.5, 0.6) is 0 Å². The van der Waals surface area contributed by atoms with Gasteiger partial charge in [-0.15, -0.1) is 0 Å². The first-order valence-electron chi connectivity index (χ1n) is 3.50. The molecule has 12 heavy (non-hydrogen) atoms. The lowest BCUT2D eigenvalue weighted by Crippen LogP contribution is -1.96. The SMILES string of the molecule is [B]Nc1cc(C=C)ccc1C=O. The van der Waals surface area contributed by atoms with Crippen molar-refractivity contribution in [3.8, 4) is 0 Å². The molecule has 1 rings (SSSR count). The van der Waals surface area contributed by atoms with Crippen LogP contribution in [-0.2, 0) is 0 Å². The molecule has 1 N–H and O–H groups in total. The van der Waals surface area contributed by atoms with E-state index >= 15 is 0 Å². The molecule has 0 saturated carbocycles. The number of hydrogen-bond acceptors (Lipinski definition) is 2. The van der Waals surface area contributed by atoms with E-state index < -0.39 is 0 Å². The predicted octanol–water partition coefficient (Wildman–Crippen LogP) is 1.64. The van der Waals surface area contributed by atoms with Gasteiger partial charge in [0, 0.05) is 11.3 Å². The number of carbonyl (C=O) groups is 1. The molecule has 0 spiro atoms. The monoisotopic (exact) mass is 157 g/mol. The molecule has 0 amide bonds. The minimum Gasteiger partial charge on any atom is -0.437 e. The van der Waals surface area contributed by atoms with Gasteiger partial charge in [0.25, 0.3) is 0 Å². The zero-order valence-corrected chi connectivity index (χ0v) is 6.58. The van der Waals surface area contributed by atoms with Crippen molar-refractivity contribution in [2.75, 3.05) is 5.23 Å². The summed E-state index contributed by atoms with van der Waals surface area (Å²) < 4.78 is 0. The van der Waals surface area contributed by atoms with E-state index in [4.69, 9.17) is 7.98 Å². The van der Waals surface area contributed by atoms with Gasteiger partial charge in [0.1, 0.15) is 0 Å². The molecule has 0 aromatic heterocycles. The summed E-state index contributed by atoms with van der Waals surface area (Å²) in [7, 11) is 5.21. The van der Waals surface area contributed by atoms with Gasteiger partial charge in [-0.25, -0.2) is 0 Å². The van der Waals surface area contributed by atoms with Crippen molar-refractivity contribution >= 4 is 26.0 Å². The molecule has 0 bridgehead atoms. The van der Waals surface area contributed by atoms with Crippen molar-refractivity contribution in [1.82, 2.24) is 0 Å². The molecule has 0 aliphatic rings. The van der Waals surface area contributed by atoms with E-state index in [2.05, 4.69) is 11.8 Å². The lowest BCUT2D eigenvalue weighted by atomic mass is 10.1. The second-order valence-electron chi connectivity index (χ2n) is 2.31. The lowest BCUT2D eigenvalue weighted by molar-refractivity contribution is 0.112. The molecule has 0 atom stereocenters. The molecule has 3 heteroatoms. The number of rotatable bonds is 3. The van der Waals surface area contributed by atoms with Crippen molar-refractivity contribution in [3.63, 3.8) is 0 Å². The van der Waals surface area contributed by atoms with Crippen molar-refractivity contribution in [3.05, 3.63) is 35.9 Å². The van der Waals surface area contributed by atoms with E-state index in [0.717, 1.165) is 11.8 Å². The fourth-order valence-electron chi connectivity index (χ4n) is 0.929. The average molecular weight is 157 g/mol. The highest BCUT2D eigenvalue weighted by atomic mass is 16.1. The molecule has 58 valence electrons. The largest absolute Gasteiger partial charge is 0.437 e. The molecule has 2 radical (unpaired) electrons. The van der Waals surface area contributed by atoms with E-state index in [1.165, 1.54) is 0 Å². The highest BCUT2D eigenvalue weighted by Gasteiger charge is 1.98. The number of hydrogen-bond donors (Lipinski definition) is 1. The Labute approximate surface area is 72.7 Å². The van der Waals surface area contributed by atoms with Crippen LogP contribution in [0.1, 0.15) is 15.9 Å². The number of benzene rings is 1. The molecule has 0 aliphatic heterocycles. The fourth-order valence-corrected chi connectivity index (χ4v) is 0.929. The Bertz CT molecular complexity index is 309. The smallest absolute Gasteiger partial charge is 0.222 e. The van der Waals surface area contributed by atoms with Crippen molar-refractivity contribution < 1.29 is 4.79 Å². The second kappa shape index (κ2) is 3.76. The van der Waals surface area contributed by atoms with Gasteiger partial charge in [0.2, 0.25) is 7.98 Å². The second-order valence-corrected chi connectivity index (χ2v) is 2.31. The molecule has 1 aromatic rings. The van der Waals surface area contributed by atoms with E-state index in [9.17, 15) is 4.79 Å². The van der Waals surface area contributed by atoms with E-state index in [0.29, 0.717) is 11.3 Å². The maximum Gasteiger partial charge on any atom is 0.222 e. The minimum atomic E-state index is 0.545. The summed E-state index contributed by atoms with van der Waals surface area (Å²) in [6, 6.07) is 5.26. The molecule has 0 unspecified atom stereocenters. The van der Waals surface area contributed by atoms with Crippen LogP contribution in [0.4, 0.5) is 5.69 Å². The molecular formula is C9H8BNO. The number of anilines is 1. The fraction of sp³-hybridized carbons (Fsp3) is 0. The molecule has 2 nitrogen and oxygen atoms in total. The van der Waals surface area contributed by atoms with E-state index in [-0.39, 0.29) is 0 Å². The Balaban J connectivity index is 3.18. The normalized spacial score (nSPS) is 9.00. The molecule has 0 fully saturated rings. The van der Waals surface area contributed by atoms with Gasteiger partial charge in [-0.05, 0) is 17.7 Å². The van der Waals surface area contributed by atoms with Crippen LogP contribution in [-0.4, -0.2) is 14.3 Å². The van der Waals surface area contributed by atoms with Crippen LogP contribution >= 0.6 is 0 Å². The topological polar surface area (TPSA) is 29.1 Å². The summed E-state index contributed by atoms with van der Waals surface area (Å²) in [5, 5.41) is 2.44. The van der Waals surface area contributed by atoms with E-state index in [1.807, 2.05) is 0 Å². The Hall–Kier alpha value is -1.51. The molecule has 1 aromatic carbocycles. The molecule has 0 saturated heterocycles. The first-order valence-corrected chi connectivity index (χ1v) is 3.50. The number of carbonyl (C=O) groups excluding carboxylic acids is 1. The van der Waals surface area contributed by atoms with Gasteiger partial charge < -0.3 is 5.23 Å². The third-order valence-corrected chi connectivity index (χ3v) is 1.60. The van der Waals surface area contributed by atoms with Gasteiger partial charge in [-0.2, -0.15) is 0 Å². The Morgan fingerprint density at radius 2 is 2.25 bits per heavy atom. The van der Waals surface area contributed by atoms with Crippen LogP contribution in [0.3, 0.4) is 0 Å². The van der Waals surface area contributed by atoms with Gasteiger partial charge in [-0.3, -0.25) is 4.79 Å². The maximum absolute atomic E-state index is 10.5.